The van der Waals surface area contributed by atoms with Crippen LogP contribution in [0.1, 0.15) is 38.0 Å². The number of aliphatic hydroxyl groups is 1. The van der Waals surface area contributed by atoms with Crippen molar-refractivity contribution in [3.05, 3.63) is 22.4 Å². The lowest BCUT2D eigenvalue weighted by molar-refractivity contribution is -0.207. The third kappa shape index (κ3) is 4.68. The van der Waals surface area contributed by atoms with E-state index < -0.39 is 17.2 Å². The van der Waals surface area contributed by atoms with Crippen molar-refractivity contribution >= 4 is 23.2 Å². The Morgan fingerprint density at radius 1 is 1.37 bits per heavy atom. The van der Waals surface area contributed by atoms with Crippen LogP contribution in [-0.4, -0.2) is 65.3 Å². The van der Waals surface area contributed by atoms with Crippen molar-refractivity contribution in [3.63, 3.8) is 0 Å². The quantitative estimate of drug-likeness (QED) is 0.688. The Labute approximate surface area is 164 Å². The number of amides is 2. The smallest absolute Gasteiger partial charge is 0.234 e. The number of thiophene rings is 1. The first-order valence-corrected chi connectivity index (χ1v) is 10.3. The molecule has 8 heteroatoms. The maximum absolute atomic E-state index is 12.2. The van der Waals surface area contributed by atoms with Crippen LogP contribution in [-0.2, 0) is 20.9 Å². The minimum atomic E-state index is -0.766. The highest BCUT2D eigenvalue weighted by atomic mass is 32.1. The molecule has 2 saturated heterocycles. The molecule has 27 heavy (non-hydrogen) atoms. The fraction of sp³-hybridized carbons (Fsp3) is 0.684. The minimum absolute atomic E-state index is 0.00699. The molecular formula is C19H29N3O4S. The van der Waals surface area contributed by atoms with Crippen LogP contribution in [0.3, 0.4) is 0 Å². The van der Waals surface area contributed by atoms with Gasteiger partial charge in [-0.15, -0.1) is 11.3 Å². The van der Waals surface area contributed by atoms with E-state index in [9.17, 15) is 14.7 Å². The number of piperidine rings is 1. The predicted molar refractivity (Wildman–Crippen MR) is 103 cm³/mol. The van der Waals surface area contributed by atoms with Crippen LogP contribution >= 0.6 is 11.3 Å². The van der Waals surface area contributed by atoms with Crippen molar-refractivity contribution in [3.8, 4) is 0 Å². The van der Waals surface area contributed by atoms with E-state index in [4.69, 9.17) is 4.74 Å². The number of likely N-dealkylation sites (tertiary alicyclic amines) is 1. The van der Waals surface area contributed by atoms with Crippen LogP contribution in [0.25, 0.3) is 0 Å². The number of nitrogens with zero attached hydrogens (tertiary/aromatic N) is 1. The zero-order valence-corrected chi connectivity index (χ0v) is 16.8. The van der Waals surface area contributed by atoms with E-state index in [0.29, 0.717) is 52.0 Å². The maximum atomic E-state index is 12.2. The largest absolute Gasteiger partial charge is 0.388 e. The Balaban J connectivity index is 1.51. The minimum Gasteiger partial charge on any atom is -0.388 e. The molecule has 3 rings (SSSR count). The van der Waals surface area contributed by atoms with E-state index in [-0.39, 0.29) is 11.8 Å². The summed E-state index contributed by atoms with van der Waals surface area (Å²) < 4.78 is 6.02. The summed E-state index contributed by atoms with van der Waals surface area (Å²) in [5.74, 6) is -0.138. The molecular weight excluding hydrogens is 366 g/mol. The molecule has 1 aromatic heterocycles. The molecule has 0 aromatic carbocycles. The lowest BCUT2D eigenvalue weighted by Gasteiger charge is -2.53. The summed E-state index contributed by atoms with van der Waals surface area (Å²) in [5, 5.41) is 18.8. The summed E-state index contributed by atoms with van der Waals surface area (Å²) in [4.78, 5) is 27.0. The standard InChI is InChI=1S/C19H29N3O4S/c1-14(23)21-18(2)7-10-26-19(17(18)25)5-8-22(9-6-19)13-16(24)20-12-15-4-3-11-27-15/h3-4,11,17,25H,5-10,12-13H2,1-2H3,(H,20,24)(H,21,23)/t17-,18+/m1/s1. The van der Waals surface area contributed by atoms with Gasteiger partial charge < -0.3 is 20.5 Å². The molecule has 150 valence electrons. The summed E-state index contributed by atoms with van der Waals surface area (Å²) in [6.45, 7) is 6.13. The Morgan fingerprint density at radius 3 is 2.74 bits per heavy atom. The zero-order valence-electron chi connectivity index (χ0n) is 16.0. The van der Waals surface area contributed by atoms with E-state index in [1.165, 1.54) is 6.92 Å². The summed E-state index contributed by atoms with van der Waals surface area (Å²) in [7, 11) is 0. The zero-order chi connectivity index (χ0) is 19.5. The molecule has 0 unspecified atom stereocenters. The topological polar surface area (TPSA) is 90.9 Å². The first-order chi connectivity index (χ1) is 12.8. The van der Waals surface area contributed by atoms with Crippen LogP contribution in [0.4, 0.5) is 0 Å². The summed E-state index contributed by atoms with van der Waals surface area (Å²) in [5.41, 5.74) is -1.33. The van der Waals surface area contributed by atoms with Gasteiger partial charge in [-0.3, -0.25) is 14.5 Å². The van der Waals surface area contributed by atoms with Crippen molar-refractivity contribution in [2.45, 2.75) is 56.9 Å². The van der Waals surface area contributed by atoms with Gasteiger partial charge in [0.25, 0.3) is 0 Å². The van der Waals surface area contributed by atoms with Gasteiger partial charge in [-0.1, -0.05) is 6.07 Å². The molecule has 2 aliphatic heterocycles. The second kappa shape index (κ2) is 8.26. The van der Waals surface area contributed by atoms with E-state index in [1.54, 1.807) is 11.3 Å². The van der Waals surface area contributed by atoms with Gasteiger partial charge in [0.15, 0.2) is 0 Å². The van der Waals surface area contributed by atoms with Gasteiger partial charge in [-0.2, -0.15) is 0 Å². The van der Waals surface area contributed by atoms with Crippen LogP contribution in [0.5, 0.6) is 0 Å². The number of carbonyl (C=O) groups excluding carboxylic acids is 2. The van der Waals surface area contributed by atoms with Gasteiger partial charge >= 0.3 is 0 Å². The second-order valence-corrected chi connectivity index (χ2v) is 8.83. The highest BCUT2D eigenvalue weighted by molar-refractivity contribution is 7.09. The molecule has 2 amide bonds. The van der Waals surface area contributed by atoms with E-state index in [2.05, 4.69) is 15.5 Å². The predicted octanol–water partition coefficient (Wildman–Crippen LogP) is 0.875. The third-order valence-electron chi connectivity index (χ3n) is 5.68. The van der Waals surface area contributed by atoms with E-state index in [1.807, 2.05) is 24.4 Å². The normalized spacial score (nSPS) is 28.0. The molecule has 7 nitrogen and oxygen atoms in total. The van der Waals surface area contributed by atoms with Crippen molar-refractivity contribution < 1.29 is 19.4 Å². The lowest BCUT2D eigenvalue weighted by atomic mass is 9.73. The van der Waals surface area contributed by atoms with Gasteiger partial charge in [-0.25, -0.2) is 0 Å². The van der Waals surface area contributed by atoms with E-state index in [0.717, 1.165) is 4.88 Å². The van der Waals surface area contributed by atoms with Gasteiger partial charge in [0.1, 0.15) is 6.10 Å². The lowest BCUT2D eigenvalue weighted by Crippen LogP contribution is -2.69. The Hall–Kier alpha value is -1.48. The first-order valence-electron chi connectivity index (χ1n) is 9.45. The monoisotopic (exact) mass is 395 g/mol. The molecule has 3 N–H and O–H groups in total. The van der Waals surface area contributed by atoms with Crippen LogP contribution in [0, 0.1) is 0 Å². The highest BCUT2D eigenvalue weighted by Gasteiger charge is 2.53. The Bertz CT molecular complexity index is 658. The van der Waals surface area contributed by atoms with Crippen LogP contribution < -0.4 is 10.6 Å². The molecule has 2 aliphatic rings. The summed E-state index contributed by atoms with van der Waals surface area (Å²) in [6.07, 6.45) is 1.10. The molecule has 0 saturated carbocycles. The average Bonchev–Trinajstić information content (AvgIpc) is 3.13. The van der Waals surface area contributed by atoms with Crippen LogP contribution in [0.2, 0.25) is 0 Å². The fourth-order valence-electron chi connectivity index (χ4n) is 4.16. The van der Waals surface area contributed by atoms with Gasteiger partial charge in [0.05, 0.1) is 24.2 Å². The molecule has 1 aromatic rings. The fourth-order valence-corrected chi connectivity index (χ4v) is 4.81. The number of carbonyl (C=O) groups is 2. The molecule has 0 aliphatic carbocycles. The molecule has 1 spiro atoms. The van der Waals surface area contributed by atoms with Crippen molar-refractivity contribution in [2.75, 3.05) is 26.2 Å². The SMILES string of the molecule is CC(=O)N[C@@]1(C)CCOC2(CCN(CC(=O)NCc3cccs3)CC2)[C@@H]1O. The number of hydrogen-bond donors (Lipinski definition) is 3. The van der Waals surface area contributed by atoms with E-state index >= 15 is 0 Å². The molecule has 0 radical (unpaired) electrons. The van der Waals surface area contributed by atoms with Gasteiger partial charge in [-0.05, 0) is 37.6 Å². The number of nitrogens with one attached hydrogen (secondary N) is 2. The maximum Gasteiger partial charge on any atom is 0.234 e. The number of ether oxygens (including phenoxy) is 1. The highest BCUT2D eigenvalue weighted by Crippen LogP contribution is 2.39. The number of aliphatic hydroxyl groups excluding tert-OH is 1. The third-order valence-corrected chi connectivity index (χ3v) is 6.56. The molecule has 2 fully saturated rings. The molecule has 3 heterocycles. The second-order valence-electron chi connectivity index (χ2n) is 7.80. The Morgan fingerprint density at radius 2 is 2.11 bits per heavy atom. The van der Waals surface area contributed by atoms with Crippen molar-refractivity contribution in [1.29, 1.82) is 0 Å². The van der Waals surface area contributed by atoms with Crippen molar-refractivity contribution in [1.82, 2.24) is 15.5 Å². The average molecular weight is 396 g/mol. The van der Waals surface area contributed by atoms with Crippen molar-refractivity contribution in [2.24, 2.45) is 0 Å². The van der Waals surface area contributed by atoms with Crippen LogP contribution in [0.15, 0.2) is 17.5 Å². The Kier molecular flexibility index (Phi) is 6.20. The van der Waals surface area contributed by atoms with Gasteiger partial charge in [0, 0.05) is 31.5 Å². The number of rotatable bonds is 5. The summed E-state index contributed by atoms with van der Waals surface area (Å²) in [6, 6.07) is 3.98. The molecule has 2 atom stereocenters. The molecule has 0 bridgehead atoms. The van der Waals surface area contributed by atoms with Gasteiger partial charge in [0.2, 0.25) is 11.8 Å². The number of hydrogen-bond acceptors (Lipinski definition) is 6. The summed E-state index contributed by atoms with van der Waals surface area (Å²) >= 11 is 1.63. The first kappa shape index (κ1) is 20.3.